The Hall–Kier alpha value is -2.40. The van der Waals surface area contributed by atoms with E-state index in [1.165, 1.54) is 17.3 Å². The average Bonchev–Trinajstić information content (AvgIpc) is 3.04. The van der Waals surface area contributed by atoms with Crippen LogP contribution in [0.1, 0.15) is 27.0 Å². The molecule has 0 aliphatic carbocycles. The van der Waals surface area contributed by atoms with Crippen molar-refractivity contribution in [2.24, 2.45) is 0 Å². The summed E-state index contributed by atoms with van der Waals surface area (Å²) in [5.41, 5.74) is 5.06. The number of H-pyrrole nitrogens is 1. The molecule has 0 aliphatic heterocycles. The fraction of sp³-hybridized carbons (Fsp3) is 0.211. The Balaban J connectivity index is 1.68. The zero-order valence-electron chi connectivity index (χ0n) is 14.0. The Labute approximate surface area is 145 Å². The number of nitrogens with zero attached hydrogens (tertiary/aromatic N) is 2. The van der Waals surface area contributed by atoms with Gasteiger partial charge in [-0.2, -0.15) is 0 Å². The van der Waals surface area contributed by atoms with Crippen molar-refractivity contribution in [3.63, 3.8) is 0 Å². The second-order valence-electron chi connectivity index (χ2n) is 5.86. The summed E-state index contributed by atoms with van der Waals surface area (Å²) in [6.07, 6.45) is 0. The first kappa shape index (κ1) is 16.5. The Morgan fingerprint density at radius 2 is 1.75 bits per heavy atom. The molecule has 0 saturated carbocycles. The van der Waals surface area contributed by atoms with Crippen LogP contribution in [0.15, 0.2) is 47.6 Å². The van der Waals surface area contributed by atoms with Gasteiger partial charge in [-0.15, -0.1) is 5.10 Å². The van der Waals surface area contributed by atoms with Crippen molar-refractivity contribution in [2.75, 3.05) is 5.75 Å². The standard InChI is InChI=1S/C19H19N3OS/c1-12-5-8-15(9-6-12)18-20-19(22-21-18)24-11-17(23)16-10-13(2)4-7-14(16)3/h4-10H,11H2,1-3H3,(H,20,21,22). The van der Waals surface area contributed by atoms with Gasteiger partial charge in [-0.25, -0.2) is 4.98 Å². The predicted octanol–water partition coefficient (Wildman–Crippen LogP) is 4.37. The van der Waals surface area contributed by atoms with E-state index in [1.807, 2.05) is 63.2 Å². The van der Waals surface area contributed by atoms with E-state index in [4.69, 9.17) is 0 Å². The van der Waals surface area contributed by atoms with Crippen LogP contribution in [0.3, 0.4) is 0 Å². The van der Waals surface area contributed by atoms with Gasteiger partial charge in [0.05, 0.1) is 5.75 Å². The number of hydrogen-bond acceptors (Lipinski definition) is 4. The maximum absolute atomic E-state index is 12.4. The molecule has 5 heteroatoms. The minimum atomic E-state index is 0.0999. The van der Waals surface area contributed by atoms with E-state index in [1.54, 1.807) is 0 Å². The maximum atomic E-state index is 12.4. The molecule has 0 spiro atoms. The minimum absolute atomic E-state index is 0.0999. The Bertz CT molecular complexity index is 869. The molecule has 0 fully saturated rings. The summed E-state index contributed by atoms with van der Waals surface area (Å²) in [6, 6.07) is 14.0. The van der Waals surface area contributed by atoms with Gasteiger partial charge in [-0.3, -0.25) is 9.89 Å². The predicted molar refractivity (Wildman–Crippen MR) is 97.5 cm³/mol. The Morgan fingerprint density at radius 3 is 2.50 bits per heavy atom. The average molecular weight is 337 g/mol. The van der Waals surface area contributed by atoms with Gasteiger partial charge in [0.2, 0.25) is 5.16 Å². The molecule has 4 nitrogen and oxygen atoms in total. The van der Waals surface area contributed by atoms with Crippen LogP contribution in [0.25, 0.3) is 11.4 Å². The topological polar surface area (TPSA) is 58.6 Å². The Morgan fingerprint density at radius 1 is 1.04 bits per heavy atom. The lowest BCUT2D eigenvalue weighted by atomic mass is 10.0. The molecule has 0 bridgehead atoms. The first-order valence-electron chi connectivity index (χ1n) is 7.75. The summed E-state index contributed by atoms with van der Waals surface area (Å²) in [5, 5.41) is 7.71. The van der Waals surface area contributed by atoms with Crippen molar-refractivity contribution in [1.29, 1.82) is 0 Å². The number of ketones is 1. The van der Waals surface area contributed by atoms with Gasteiger partial charge in [0.15, 0.2) is 11.6 Å². The minimum Gasteiger partial charge on any atom is -0.293 e. The molecule has 0 amide bonds. The molecule has 3 aromatic rings. The number of aromatic amines is 1. The number of Topliss-reactive ketones (excluding diaryl/α,β-unsaturated/α-hetero) is 1. The van der Waals surface area contributed by atoms with Crippen LogP contribution in [-0.4, -0.2) is 26.7 Å². The highest BCUT2D eigenvalue weighted by Crippen LogP contribution is 2.21. The van der Waals surface area contributed by atoms with E-state index in [2.05, 4.69) is 15.2 Å². The summed E-state index contributed by atoms with van der Waals surface area (Å²) in [6.45, 7) is 6.00. The molecule has 24 heavy (non-hydrogen) atoms. The third-order valence-electron chi connectivity index (χ3n) is 3.82. The lowest BCUT2D eigenvalue weighted by molar-refractivity contribution is 0.102. The highest BCUT2D eigenvalue weighted by molar-refractivity contribution is 7.99. The van der Waals surface area contributed by atoms with E-state index in [-0.39, 0.29) is 5.78 Å². The van der Waals surface area contributed by atoms with E-state index >= 15 is 0 Å². The zero-order valence-corrected chi connectivity index (χ0v) is 14.8. The monoisotopic (exact) mass is 337 g/mol. The van der Waals surface area contributed by atoms with Crippen molar-refractivity contribution in [1.82, 2.24) is 15.2 Å². The zero-order chi connectivity index (χ0) is 17.1. The molecule has 0 radical (unpaired) electrons. The van der Waals surface area contributed by atoms with Crippen LogP contribution in [0.2, 0.25) is 0 Å². The van der Waals surface area contributed by atoms with Gasteiger partial charge in [0.1, 0.15) is 0 Å². The van der Waals surface area contributed by atoms with Gasteiger partial charge in [0.25, 0.3) is 0 Å². The van der Waals surface area contributed by atoms with Gasteiger partial charge in [-0.1, -0.05) is 59.3 Å². The van der Waals surface area contributed by atoms with Crippen LogP contribution in [-0.2, 0) is 0 Å². The van der Waals surface area contributed by atoms with Crippen LogP contribution in [0.5, 0.6) is 0 Å². The molecular weight excluding hydrogens is 318 g/mol. The van der Waals surface area contributed by atoms with Crippen LogP contribution in [0.4, 0.5) is 0 Å². The summed E-state index contributed by atoms with van der Waals surface area (Å²) in [7, 11) is 0. The quantitative estimate of drug-likeness (QED) is 0.555. The fourth-order valence-electron chi connectivity index (χ4n) is 2.40. The molecule has 1 N–H and O–H groups in total. The largest absolute Gasteiger partial charge is 0.293 e. The van der Waals surface area contributed by atoms with E-state index in [0.29, 0.717) is 10.9 Å². The number of nitrogens with one attached hydrogen (secondary N) is 1. The molecule has 0 aliphatic rings. The van der Waals surface area contributed by atoms with Gasteiger partial charge in [-0.05, 0) is 32.4 Å². The summed E-state index contributed by atoms with van der Waals surface area (Å²) in [4.78, 5) is 16.9. The highest BCUT2D eigenvalue weighted by atomic mass is 32.2. The van der Waals surface area contributed by atoms with Gasteiger partial charge < -0.3 is 0 Å². The van der Waals surface area contributed by atoms with Crippen molar-refractivity contribution in [2.45, 2.75) is 25.9 Å². The number of aryl methyl sites for hydroxylation is 3. The van der Waals surface area contributed by atoms with Crippen molar-refractivity contribution in [3.8, 4) is 11.4 Å². The van der Waals surface area contributed by atoms with E-state index in [9.17, 15) is 4.79 Å². The summed E-state index contributed by atoms with van der Waals surface area (Å²) >= 11 is 1.35. The molecule has 0 saturated heterocycles. The molecule has 3 rings (SSSR count). The number of aromatic nitrogens is 3. The maximum Gasteiger partial charge on any atom is 0.209 e. The first-order valence-corrected chi connectivity index (χ1v) is 8.74. The first-order chi connectivity index (χ1) is 11.5. The van der Waals surface area contributed by atoms with Crippen molar-refractivity contribution < 1.29 is 4.79 Å². The summed E-state index contributed by atoms with van der Waals surface area (Å²) in [5.74, 6) is 1.15. The van der Waals surface area contributed by atoms with Crippen molar-refractivity contribution in [3.05, 3.63) is 64.7 Å². The number of carbonyl (C=O) groups excluding carboxylic acids is 1. The lowest BCUT2D eigenvalue weighted by Crippen LogP contribution is -2.05. The second kappa shape index (κ2) is 7.01. The van der Waals surface area contributed by atoms with E-state index < -0.39 is 0 Å². The van der Waals surface area contributed by atoms with Crippen LogP contribution >= 0.6 is 11.8 Å². The number of rotatable bonds is 5. The normalized spacial score (nSPS) is 10.8. The summed E-state index contributed by atoms with van der Waals surface area (Å²) < 4.78 is 0. The van der Waals surface area contributed by atoms with Gasteiger partial charge in [0, 0.05) is 11.1 Å². The van der Waals surface area contributed by atoms with Crippen LogP contribution in [0, 0.1) is 20.8 Å². The number of carbonyl (C=O) groups is 1. The molecule has 1 aromatic heterocycles. The molecular formula is C19H19N3OS. The second-order valence-corrected chi connectivity index (χ2v) is 6.81. The van der Waals surface area contributed by atoms with Crippen molar-refractivity contribution >= 4 is 17.5 Å². The molecule has 2 aromatic carbocycles. The lowest BCUT2D eigenvalue weighted by Gasteiger charge is -2.05. The SMILES string of the molecule is Cc1ccc(-c2nc(SCC(=O)c3cc(C)ccc3C)n[nH]2)cc1. The van der Waals surface area contributed by atoms with Crippen LogP contribution < -0.4 is 0 Å². The third kappa shape index (κ3) is 3.74. The Kier molecular flexibility index (Phi) is 4.81. The fourth-order valence-corrected chi connectivity index (χ4v) is 3.08. The molecule has 122 valence electrons. The highest BCUT2D eigenvalue weighted by Gasteiger charge is 2.12. The number of thioether (sulfide) groups is 1. The molecule has 1 heterocycles. The third-order valence-corrected chi connectivity index (χ3v) is 4.66. The smallest absolute Gasteiger partial charge is 0.209 e. The number of benzene rings is 2. The van der Waals surface area contributed by atoms with E-state index in [0.717, 1.165) is 28.1 Å². The molecule has 0 atom stereocenters. The van der Waals surface area contributed by atoms with Gasteiger partial charge >= 0.3 is 0 Å². The molecule has 0 unspecified atom stereocenters. The number of hydrogen-bond donors (Lipinski definition) is 1.